The first kappa shape index (κ1) is 13.9. The third-order valence-corrected chi connectivity index (χ3v) is 3.19. The molecule has 0 fully saturated rings. The van der Waals surface area contributed by atoms with Gasteiger partial charge in [0, 0.05) is 11.3 Å². The van der Waals surface area contributed by atoms with Crippen molar-refractivity contribution < 1.29 is 9.53 Å². The Kier molecular flexibility index (Phi) is 4.16. The molecule has 0 atom stereocenters. The van der Waals surface area contributed by atoms with Crippen LogP contribution in [0.1, 0.15) is 0 Å². The highest BCUT2D eigenvalue weighted by molar-refractivity contribution is 5.87. The number of nitrogens with one attached hydrogen (secondary N) is 1. The number of para-hydroxylation sites is 2. The Morgan fingerprint density at radius 2 is 1.32 bits per heavy atom. The quantitative estimate of drug-likeness (QED) is 0.739. The maximum absolute atomic E-state index is 12.0. The number of anilines is 1. The van der Waals surface area contributed by atoms with Crippen molar-refractivity contribution in [2.75, 3.05) is 5.32 Å². The van der Waals surface area contributed by atoms with E-state index in [0.717, 1.165) is 11.1 Å². The van der Waals surface area contributed by atoms with E-state index in [1.54, 1.807) is 6.07 Å². The first-order valence-electron chi connectivity index (χ1n) is 7.01. The van der Waals surface area contributed by atoms with Gasteiger partial charge in [-0.2, -0.15) is 0 Å². The van der Waals surface area contributed by atoms with Crippen LogP contribution in [0, 0.1) is 0 Å². The summed E-state index contributed by atoms with van der Waals surface area (Å²) in [5.41, 5.74) is 2.58. The number of carbonyl (C=O) groups is 1. The largest absolute Gasteiger partial charge is 0.417 e. The van der Waals surface area contributed by atoms with Gasteiger partial charge in [-0.25, -0.2) is 4.79 Å². The zero-order valence-corrected chi connectivity index (χ0v) is 11.9. The molecular weight excluding hydrogens is 274 g/mol. The van der Waals surface area contributed by atoms with Crippen LogP contribution in [-0.2, 0) is 0 Å². The average Bonchev–Trinajstić information content (AvgIpc) is 2.57. The van der Waals surface area contributed by atoms with Gasteiger partial charge in [0.05, 0.1) is 0 Å². The van der Waals surface area contributed by atoms with E-state index in [2.05, 4.69) is 5.32 Å². The summed E-state index contributed by atoms with van der Waals surface area (Å²) in [5.74, 6) is 0.530. The van der Waals surface area contributed by atoms with E-state index in [4.69, 9.17) is 4.74 Å². The summed E-state index contributed by atoms with van der Waals surface area (Å²) in [6.07, 6.45) is -0.505. The second-order valence-corrected chi connectivity index (χ2v) is 4.74. The van der Waals surface area contributed by atoms with E-state index in [1.807, 2.05) is 78.9 Å². The van der Waals surface area contributed by atoms with E-state index in [-0.39, 0.29) is 0 Å². The van der Waals surface area contributed by atoms with Crippen molar-refractivity contribution >= 4 is 11.8 Å². The predicted octanol–water partition coefficient (Wildman–Crippen LogP) is 4.96. The van der Waals surface area contributed by atoms with Crippen LogP contribution in [0.5, 0.6) is 5.75 Å². The van der Waals surface area contributed by atoms with Crippen molar-refractivity contribution in [1.29, 1.82) is 0 Å². The summed E-state index contributed by atoms with van der Waals surface area (Å²) in [6.45, 7) is 0. The zero-order valence-electron chi connectivity index (χ0n) is 11.9. The lowest BCUT2D eigenvalue weighted by molar-refractivity contribution is 0.215. The normalized spacial score (nSPS) is 10.0. The van der Waals surface area contributed by atoms with Crippen LogP contribution in [0.15, 0.2) is 84.9 Å². The fraction of sp³-hybridized carbons (Fsp3) is 0. The van der Waals surface area contributed by atoms with Gasteiger partial charge in [0.2, 0.25) is 0 Å². The summed E-state index contributed by atoms with van der Waals surface area (Å²) in [6, 6.07) is 26.5. The lowest BCUT2D eigenvalue weighted by atomic mass is 10.1. The third-order valence-electron chi connectivity index (χ3n) is 3.19. The summed E-state index contributed by atoms with van der Waals surface area (Å²) < 4.78 is 5.45. The molecule has 0 aliphatic rings. The Labute approximate surface area is 129 Å². The molecule has 0 bridgehead atoms. The van der Waals surface area contributed by atoms with Crippen LogP contribution < -0.4 is 10.1 Å². The van der Waals surface area contributed by atoms with Gasteiger partial charge < -0.3 is 4.74 Å². The van der Waals surface area contributed by atoms with Crippen molar-refractivity contribution in [2.24, 2.45) is 0 Å². The average molecular weight is 289 g/mol. The Morgan fingerprint density at radius 1 is 0.727 bits per heavy atom. The van der Waals surface area contributed by atoms with E-state index < -0.39 is 6.09 Å². The number of hydrogen-bond acceptors (Lipinski definition) is 2. The van der Waals surface area contributed by atoms with Gasteiger partial charge in [-0.05, 0) is 23.8 Å². The summed E-state index contributed by atoms with van der Waals surface area (Å²) >= 11 is 0. The van der Waals surface area contributed by atoms with Gasteiger partial charge in [0.15, 0.2) is 0 Å². The fourth-order valence-electron chi connectivity index (χ4n) is 2.18. The van der Waals surface area contributed by atoms with Crippen molar-refractivity contribution in [2.45, 2.75) is 0 Å². The molecule has 0 aliphatic heterocycles. The van der Waals surface area contributed by atoms with Crippen LogP contribution >= 0.6 is 0 Å². The molecule has 0 spiro atoms. The van der Waals surface area contributed by atoms with E-state index in [1.165, 1.54) is 0 Å². The highest BCUT2D eigenvalue weighted by atomic mass is 16.6. The number of hydrogen-bond donors (Lipinski definition) is 1. The molecule has 108 valence electrons. The monoisotopic (exact) mass is 289 g/mol. The molecular formula is C19H15NO2. The topological polar surface area (TPSA) is 38.3 Å². The van der Waals surface area contributed by atoms with Gasteiger partial charge in [0.25, 0.3) is 0 Å². The first-order chi connectivity index (χ1) is 10.8. The lowest BCUT2D eigenvalue weighted by Crippen LogP contribution is -2.16. The Bertz CT molecular complexity index is 755. The number of benzene rings is 3. The molecule has 1 N–H and O–H groups in total. The molecule has 0 unspecified atom stereocenters. The molecule has 0 saturated heterocycles. The minimum atomic E-state index is -0.505. The van der Waals surface area contributed by atoms with Gasteiger partial charge in [0.1, 0.15) is 5.75 Å². The van der Waals surface area contributed by atoms with Gasteiger partial charge in [-0.3, -0.25) is 5.32 Å². The molecule has 3 nitrogen and oxygen atoms in total. The van der Waals surface area contributed by atoms with Crippen molar-refractivity contribution in [3.05, 3.63) is 84.9 Å². The van der Waals surface area contributed by atoms with Crippen molar-refractivity contribution in [3.63, 3.8) is 0 Å². The van der Waals surface area contributed by atoms with E-state index in [0.29, 0.717) is 11.4 Å². The molecule has 0 aliphatic carbocycles. The van der Waals surface area contributed by atoms with Gasteiger partial charge in [-0.1, -0.05) is 66.7 Å². The van der Waals surface area contributed by atoms with Crippen LogP contribution in [-0.4, -0.2) is 6.09 Å². The number of rotatable bonds is 3. The molecule has 0 saturated carbocycles. The molecule has 3 heteroatoms. The van der Waals surface area contributed by atoms with Crippen LogP contribution in [0.25, 0.3) is 11.1 Å². The van der Waals surface area contributed by atoms with Crippen LogP contribution in [0.4, 0.5) is 10.5 Å². The molecule has 0 heterocycles. The highest BCUT2D eigenvalue weighted by Crippen LogP contribution is 2.29. The molecule has 3 aromatic carbocycles. The SMILES string of the molecule is O=C(Nc1ccccc1)Oc1ccccc1-c1ccccc1. The second-order valence-electron chi connectivity index (χ2n) is 4.74. The maximum atomic E-state index is 12.0. The third kappa shape index (κ3) is 3.33. The first-order valence-corrected chi connectivity index (χ1v) is 7.01. The fourth-order valence-corrected chi connectivity index (χ4v) is 2.18. The molecule has 0 radical (unpaired) electrons. The standard InChI is InChI=1S/C19H15NO2/c21-19(20-16-11-5-2-6-12-16)22-18-14-8-7-13-17(18)15-9-3-1-4-10-15/h1-14H,(H,20,21). The number of ether oxygens (including phenoxy) is 1. The van der Waals surface area contributed by atoms with Gasteiger partial charge >= 0.3 is 6.09 Å². The van der Waals surface area contributed by atoms with Crippen molar-refractivity contribution in [1.82, 2.24) is 0 Å². The second kappa shape index (κ2) is 6.59. The number of carbonyl (C=O) groups excluding carboxylic acids is 1. The Balaban J connectivity index is 1.80. The molecule has 3 aromatic rings. The van der Waals surface area contributed by atoms with Crippen molar-refractivity contribution in [3.8, 4) is 16.9 Å². The van der Waals surface area contributed by atoms with Crippen LogP contribution in [0.3, 0.4) is 0 Å². The summed E-state index contributed by atoms with van der Waals surface area (Å²) in [7, 11) is 0. The predicted molar refractivity (Wildman–Crippen MR) is 88.0 cm³/mol. The van der Waals surface area contributed by atoms with E-state index in [9.17, 15) is 4.79 Å². The Morgan fingerprint density at radius 3 is 2.05 bits per heavy atom. The lowest BCUT2D eigenvalue weighted by Gasteiger charge is -2.11. The van der Waals surface area contributed by atoms with E-state index >= 15 is 0 Å². The minimum absolute atomic E-state index is 0.505. The Hall–Kier alpha value is -3.07. The maximum Gasteiger partial charge on any atom is 0.417 e. The molecule has 0 aromatic heterocycles. The minimum Gasteiger partial charge on any atom is -0.409 e. The molecule has 1 amide bonds. The molecule has 3 rings (SSSR count). The zero-order chi connectivity index (χ0) is 15.2. The van der Waals surface area contributed by atoms with Crippen LogP contribution in [0.2, 0.25) is 0 Å². The van der Waals surface area contributed by atoms with Gasteiger partial charge in [-0.15, -0.1) is 0 Å². The smallest absolute Gasteiger partial charge is 0.409 e. The highest BCUT2D eigenvalue weighted by Gasteiger charge is 2.10. The molecule has 22 heavy (non-hydrogen) atoms. The summed E-state index contributed by atoms with van der Waals surface area (Å²) in [4.78, 5) is 12.0. The number of amides is 1. The summed E-state index contributed by atoms with van der Waals surface area (Å²) in [5, 5.41) is 2.71.